The Balaban J connectivity index is 1.23. The van der Waals surface area contributed by atoms with Crippen LogP contribution in [0.1, 0.15) is 0 Å². The zero-order valence-corrected chi connectivity index (χ0v) is 28.0. The zero-order valence-electron chi connectivity index (χ0n) is 27.2. The molecule has 238 valence electrons. The molecule has 0 N–H and O–H groups in total. The molecule has 0 unspecified atom stereocenters. The number of hydrogen-bond acceptors (Lipinski definition) is 4. The highest BCUT2D eigenvalue weighted by atomic mass is 32.1. The van der Waals surface area contributed by atoms with Crippen molar-refractivity contribution >= 4 is 75.1 Å². The standard InChI is InChI=1S/C45H27N5S/c1-3-13-28(14-4-1)43-46-44(29-23-24-33-32-18-9-12-22-39(32)51-40(33)27-29)48-45(47-43)50-37-21-11-8-19-35(37)41-38(50)26-25-34-31-17-7-10-20-36(31)49(42(34)41)30-15-5-2-6-16-30/h1-27H. The predicted octanol–water partition coefficient (Wildman–Crippen LogP) is 11.8. The lowest BCUT2D eigenvalue weighted by atomic mass is 10.1. The molecule has 0 aliphatic rings. The highest BCUT2D eigenvalue weighted by molar-refractivity contribution is 7.25. The first kappa shape index (κ1) is 28.2. The average Bonchev–Trinajstić information content (AvgIpc) is 3.86. The van der Waals surface area contributed by atoms with Crippen LogP contribution in [0.2, 0.25) is 0 Å². The van der Waals surface area contributed by atoms with E-state index < -0.39 is 0 Å². The van der Waals surface area contributed by atoms with Crippen molar-refractivity contribution in [2.24, 2.45) is 0 Å². The lowest BCUT2D eigenvalue weighted by Gasteiger charge is -2.11. The molecule has 51 heavy (non-hydrogen) atoms. The van der Waals surface area contributed by atoms with Crippen LogP contribution in [0.4, 0.5) is 0 Å². The molecule has 4 aromatic heterocycles. The maximum atomic E-state index is 5.27. The van der Waals surface area contributed by atoms with Gasteiger partial charge in [0.15, 0.2) is 11.6 Å². The topological polar surface area (TPSA) is 48.5 Å². The summed E-state index contributed by atoms with van der Waals surface area (Å²) in [5, 5.41) is 7.27. The normalized spacial score (nSPS) is 11.9. The van der Waals surface area contributed by atoms with E-state index >= 15 is 0 Å². The molecule has 0 saturated heterocycles. The van der Waals surface area contributed by atoms with E-state index in [-0.39, 0.29) is 0 Å². The first-order valence-corrected chi connectivity index (χ1v) is 17.9. The molecule has 0 fully saturated rings. The van der Waals surface area contributed by atoms with Crippen LogP contribution >= 0.6 is 11.3 Å². The first-order valence-electron chi connectivity index (χ1n) is 17.0. The largest absolute Gasteiger partial charge is 0.309 e. The summed E-state index contributed by atoms with van der Waals surface area (Å²) in [6.07, 6.45) is 0. The highest BCUT2D eigenvalue weighted by Gasteiger charge is 2.23. The summed E-state index contributed by atoms with van der Waals surface area (Å²) in [6, 6.07) is 57.8. The average molecular weight is 670 g/mol. The molecule has 0 spiro atoms. The second-order valence-electron chi connectivity index (χ2n) is 12.9. The molecule has 0 bridgehead atoms. The fourth-order valence-corrected chi connectivity index (χ4v) is 8.89. The Kier molecular flexibility index (Phi) is 6.05. The molecule has 0 aliphatic carbocycles. The highest BCUT2D eigenvalue weighted by Crippen LogP contribution is 2.42. The Morgan fingerprint density at radius 2 is 1.00 bits per heavy atom. The summed E-state index contributed by atoms with van der Waals surface area (Å²) < 4.78 is 7.10. The zero-order chi connectivity index (χ0) is 33.5. The number of nitrogens with zero attached hydrogens (tertiary/aromatic N) is 5. The number of rotatable bonds is 4. The Labute approximate surface area is 296 Å². The third kappa shape index (κ3) is 4.24. The quantitative estimate of drug-likeness (QED) is 0.187. The summed E-state index contributed by atoms with van der Waals surface area (Å²) in [6.45, 7) is 0. The molecule has 11 aromatic rings. The maximum absolute atomic E-state index is 5.27. The summed E-state index contributed by atoms with van der Waals surface area (Å²) in [4.78, 5) is 15.6. The van der Waals surface area contributed by atoms with Gasteiger partial charge in [-0.15, -0.1) is 11.3 Å². The molecule has 0 radical (unpaired) electrons. The van der Waals surface area contributed by atoms with Gasteiger partial charge < -0.3 is 4.57 Å². The van der Waals surface area contributed by atoms with E-state index in [1.165, 1.54) is 42.0 Å². The van der Waals surface area contributed by atoms with Crippen molar-refractivity contribution in [2.45, 2.75) is 0 Å². The minimum atomic E-state index is 0.586. The van der Waals surface area contributed by atoms with Crippen molar-refractivity contribution < 1.29 is 0 Å². The van der Waals surface area contributed by atoms with Crippen LogP contribution in [-0.4, -0.2) is 24.1 Å². The Bertz CT molecular complexity index is 3140. The van der Waals surface area contributed by atoms with Gasteiger partial charge in [0.2, 0.25) is 5.95 Å². The molecule has 0 aliphatic heterocycles. The number of aromatic nitrogens is 5. The summed E-state index contributed by atoms with van der Waals surface area (Å²) >= 11 is 1.80. The number of thiophene rings is 1. The van der Waals surface area contributed by atoms with Crippen molar-refractivity contribution in [2.75, 3.05) is 0 Å². The minimum absolute atomic E-state index is 0.586. The molecule has 4 heterocycles. The van der Waals surface area contributed by atoms with Gasteiger partial charge in [-0.1, -0.05) is 121 Å². The number of para-hydroxylation sites is 3. The van der Waals surface area contributed by atoms with Gasteiger partial charge in [0.1, 0.15) is 0 Å². The van der Waals surface area contributed by atoms with Crippen LogP contribution in [0.5, 0.6) is 0 Å². The predicted molar refractivity (Wildman–Crippen MR) is 212 cm³/mol. The lowest BCUT2D eigenvalue weighted by molar-refractivity contribution is 0.954. The van der Waals surface area contributed by atoms with E-state index in [9.17, 15) is 0 Å². The van der Waals surface area contributed by atoms with Crippen LogP contribution < -0.4 is 0 Å². The second kappa shape index (κ2) is 10.9. The lowest BCUT2D eigenvalue weighted by Crippen LogP contribution is -2.06. The van der Waals surface area contributed by atoms with Crippen LogP contribution in [-0.2, 0) is 0 Å². The summed E-state index contributed by atoms with van der Waals surface area (Å²) in [5.41, 5.74) is 7.45. The van der Waals surface area contributed by atoms with Crippen LogP contribution in [0, 0.1) is 0 Å². The molecular weight excluding hydrogens is 643 g/mol. The molecule has 0 atom stereocenters. The second-order valence-corrected chi connectivity index (χ2v) is 13.9. The van der Waals surface area contributed by atoms with E-state index in [1.54, 1.807) is 11.3 Å². The fourth-order valence-electron chi connectivity index (χ4n) is 7.74. The van der Waals surface area contributed by atoms with Crippen molar-refractivity contribution in [1.82, 2.24) is 24.1 Å². The van der Waals surface area contributed by atoms with Gasteiger partial charge in [-0.3, -0.25) is 4.57 Å². The van der Waals surface area contributed by atoms with Crippen LogP contribution in [0.15, 0.2) is 164 Å². The molecule has 5 nitrogen and oxygen atoms in total. The molecule has 0 amide bonds. The van der Waals surface area contributed by atoms with Crippen molar-refractivity contribution in [1.29, 1.82) is 0 Å². The van der Waals surface area contributed by atoms with E-state index in [2.05, 4.69) is 155 Å². The van der Waals surface area contributed by atoms with Crippen molar-refractivity contribution in [3.8, 4) is 34.4 Å². The maximum Gasteiger partial charge on any atom is 0.238 e. The third-order valence-electron chi connectivity index (χ3n) is 9.98. The molecule has 6 heteroatoms. The Morgan fingerprint density at radius 1 is 0.392 bits per heavy atom. The van der Waals surface area contributed by atoms with Crippen molar-refractivity contribution in [3.63, 3.8) is 0 Å². The molecule has 11 rings (SSSR count). The van der Waals surface area contributed by atoms with Gasteiger partial charge in [-0.2, -0.15) is 9.97 Å². The van der Waals surface area contributed by atoms with Gasteiger partial charge in [0.25, 0.3) is 0 Å². The molecular formula is C45H27N5S. The van der Waals surface area contributed by atoms with Crippen molar-refractivity contribution in [3.05, 3.63) is 164 Å². The van der Waals surface area contributed by atoms with Gasteiger partial charge in [0, 0.05) is 58.5 Å². The smallest absolute Gasteiger partial charge is 0.238 e. The summed E-state index contributed by atoms with van der Waals surface area (Å²) in [7, 11) is 0. The van der Waals surface area contributed by atoms with Crippen LogP contribution in [0.25, 0.3) is 98.2 Å². The first-order chi connectivity index (χ1) is 25.3. The minimum Gasteiger partial charge on any atom is -0.309 e. The Morgan fingerprint density at radius 3 is 1.80 bits per heavy atom. The third-order valence-corrected chi connectivity index (χ3v) is 11.1. The molecule has 0 saturated carbocycles. The van der Waals surface area contributed by atoms with E-state index in [4.69, 9.17) is 15.0 Å². The number of fused-ring (bicyclic) bond motifs is 10. The van der Waals surface area contributed by atoms with E-state index in [0.29, 0.717) is 17.6 Å². The fraction of sp³-hybridized carbons (Fsp3) is 0. The monoisotopic (exact) mass is 669 g/mol. The Hall–Kier alpha value is -6.63. The SMILES string of the molecule is c1ccc(-c2nc(-c3ccc4c(c3)sc3ccccc34)nc(-n3c4ccccc4c4c3ccc3c5ccccc5n(-c5ccccc5)c34)n2)cc1. The van der Waals surface area contributed by atoms with Gasteiger partial charge in [0.05, 0.1) is 22.1 Å². The van der Waals surface area contributed by atoms with Gasteiger partial charge in [-0.05, 0) is 42.5 Å². The van der Waals surface area contributed by atoms with Gasteiger partial charge in [-0.25, -0.2) is 4.98 Å². The van der Waals surface area contributed by atoms with Gasteiger partial charge >= 0.3 is 0 Å². The number of benzene rings is 7. The van der Waals surface area contributed by atoms with E-state index in [1.807, 2.05) is 18.2 Å². The van der Waals surface area contributed by atoms with E-state index in [0.717, 1.165) is 38.6 Å². The number of hydrogen-bond donors (Lipinski definition) is 0. The molecule has 7 aromatic carbocycles. The van der Waals surface area contributed by atoms with Crippen LogP contribution in [0.3, 0.4) is 0 Å². The summed E-state index contributed by atoms with van der Waals surface area (Å²) in [5.74, 6) is 1.87.